The van der Waals surface area contributed by atoms with Crippen molar-refractivity contribution in [2.45, 2.75) is 10.5 Å². The largest absolute Gasteiger partial charge is 0.472 e. The quantitative estimate of drug-likeness (QED) is 0.707. The Bertz CT molecular complexity index is 808. The van der Waals surface area contributed by atoms with Crippen LogP contribution in [0.25, 0.3) is 0 Å². The van der Waals surface area contributed by atoms with E-state index in [4.69, 9.17) is 8.83 Å². The van der Waals surface area contributed by atoms with Gasteiger partial charge in [0.25, 0.3) is 0 Å². The van der Waals surface area contributed by atoms with E-state index in [-0.39, 0.29) is 17.2 Å². The van der Waals surface area contributed by atoms with Crippen molar-refractivity contribution in [3.8, 4) is 0 Å². The molecule has 0 saturated heterocycles. The number of rotatable bonds is 6. The molecule has 0 bridgehead atoms. The third-order valence-corrected chi connectivity index (χ3v) is 4.78. The summed E-state index contributed by atoms with van der Waals surface area (Å²) in [5.41, 5.74) is -1.31. The summed E-state index contributed by atoms with van der Waals surface area (Å²) >= 11 is 0. The SMILES string of the molecule is O=S(=O)(NCC(O)(c1ccoc1)c1ccco1)c1cccnc1. The van der Waals surface area contributed by atoms with Crippen LogP contribution in [0.5, 0.6) is 0 Å². The van der Waals surface area contributed by atoms with Gasteiger partial charge in [0.15, 0.2) is 5.60 Å². The van der Waals surface area contributed by atoms with Crippen LogP contribution in [0.4, 0.5) is 0 Å². The minimum absolute atomic E-state index is 0.00832. The first-order valence-electron chi connectivity index (χ1n) is 6.71. The van der Waals surface area contributed by atoms with Gasteiger partial charge in [-0.25, -0.2) is 13.1 Å². The van der Waals surface area contributed by atoms with Crippen molar-refractivity contribution in [3.05, 3.63) is 72.8 Å². The Kier molecular flexibility index (Phi) is 4.03. The minimum Gasteiger partial charge on any atom is -0.472 e. The number of sulfonamides is 1. The second-order valence-corrected chi connectivity index (χ2v) is 6.63. The second-order valence-electron chi connectivity index (χ2n) is 4.86. The number of nitrogens with one attached hydrogen (secondary N) is 1. The molecule has 0 aromatic carbocycles. The van der Waals surface area contributed by atoms with Crippen LogP contribution in [0, 0.1) is 0 Å². The van der Waals surface area contributed by atoms with Crippen molar-refractivity contribution < 1.29 is 22.4 Å². The zero-order valence-corrected chi connectivity index (χ0v) is 12.7. The third kappa shape index (κ3) is 3.04. The summed E-state index contributed by atoms with van der Waals surface area (Å²) in [4.78, 5) is 3.79. The highest BCUT2D eigenvalue weighted by atomic mass is 32.2. The predicted octanol–water partition coefficient (Wildman–Crippen LogP) is 1.48. The third-order valence-electron chi connectivity index (χ3n) is 3.39. The molecule has 0 fully saturated rings. The van der Waals surface area contributed by atoms with Gasteiger partial charge in [0.05, 0.1) is 25.3 Å². The number of furan rings is 2. The molecule has 3 rings (SSSR count). The maximum atomic E-state index is 12.3. The van der Waals surface area contributed by atoms with Gasteiger partial charge in [-0.2, -0.15) is 0 Å². The molecule has 7 nitrogen and oxygen atoms in total. The molecule has 3 heterocycles. The Morgan fingerprint density at radius 3 is 2.70 bits per heavy atom. The Morgan fingerprint density at radius 1 is 1.22 bits per heavy atom. The normalized spacial score (nSPS) is 14.5. The van der Waals surface area contributed by atoms with E-state index in [1.807, 2.05) is 0 Å². The maximum Gasteiger partial charge on any atom is 0.242 e. The van der Waals surface area contributed by atoms with Crippen molar-refractivity contribution in [2.75, 3.05) is 6.54 Å². The van der Waals surface area contributed by atoms with E-state index in [0.717, 1.165) is 0 Å². The molecule has 2 N–H and O–H groups in total. The zero-order chi connectivity index (χ0) is 16.3. The van der Waals surface area contributed by atoms with E-state index < -0.39 is 15.6 Å². The summed E-state index contributed by atoms with van der Waals surface area (Å²) in [5.74, 6) is 0.202. The number of hydrogen-bond acceptors (Lipinski definition) is 6. The highest BCUT2D eigenvalue weighted by Gasteiger charge is 2.37. The smallest absolute Gasteiger partial charge is 0.242 e. The first-order valence-corrected chi connectivity index (χ1v) is 8.19. The molecule has 0 saturated carbocycles. The van der Waals surface area contributed by atoms with E-state index >= 15 is 0 Å². The standard InChI is InChI=1S/C15H14N2O5S/c18-15(12-5-8-21-10-12,14-4-2-7-22-14)11-17-23(19,20)13-3-1-6-16-9-13/h1-10,17-18H,11H2. The lowest BCUT2D eigenvalue weighted by Gasteiger charge is -2.25. The van der Waals surface area contributed by atoms with Crippen molar-refractivity contribution in [1.29, 1.82) is 0 Å². The lowest BCUT2D eigenvalue weighted by molar-refractivity contribution is 0.0613. The molecule has 1 atom stereocenters. The molecular weight excluding hydrogens is 320 g/mol. The van der Waals surface area contributed by atoms with Gasteiger partial charge in [0.2, 0.25) is 10.0 Å². The summed E-state index contributed by atoms with van der Waals surface area (Å²) in [6, 6.07) is 7.64. The Balaban J connectivity index is 1.89. The number of aromatic nitrogens is 1. The fourth-order valence-electron chi connectivity index (χ4n) is 2.13. The van der Waals surface area contributed by atoms with Crippen LogP contribution in [-0.2, 0) is 15.6 Å². The Hall–Kier alpha value is -2.42. The van der Waals surface area contributed by atoms with Crippen LogP contribution in [0.3, 0.4) is 0 Å². The summed E-state index contributed by atoms with van der Waals surface area (Å²) in [6.07, 6.45) is 6.82. The van der Waals surface area contributed by atoms with E-state index in [0.29, 0.717) is 5.56 Å². The average Bonchev–Trinajstić information content (AvgIpc) is 3.27. The minimum atomic E-state index is -3.82. The molecule has 0 aliphatic carbocycles. The predicted molar refractivity (Wildman–Crippen MR) is 79.8 cm³/mol. The zero-order valence-electron chi connectivity index (χ0n) is 11.9. The van der Waals surface area contributed by atoms with Gasteiger partial charge in [0.1, 0.15) is 10.7 Å². The van der Waals surface area contributed by atoms with Crippen LogP contribution < -0.4 is 4.72 Å². The van der Waals surface area contributed by atoms with Crippen molar-refractivity contribution in [2.24, 2.45) is 0 Å². The number of aliphatic hydroxyl groups is 1. The fourth-order valence-corrected chi connectivity index (χ4v) is 3.16. The summed E-state index contributed by atoms with van der Waals surface area (Å²) in [5, 5.41) is 10.9. The van der Waals surface area contributed by atoms with Gasteiger partial charge in [0, 0.05) is 18.0 Å². The van der Waals surface area contributed by atoms with Crippen LogP contribution in [0.2, 0.25) is 0 Å². The molecule has 0 radical (unpaired) electrons. The average molecular weight is 334 g/mol. The van der Waals surface area contributed by atoms with Gasteiger partial charge < -0.3 is 13.9 Å². The summed E-state index contributed by atoms with van der Waals surface area (Å²) in [7, 11) is -3.82. The number of nitrogens with zero attached hydrogens (tertiary/aromatic N) is 1. The number of pyridine rings is 1. The molecule has 3 aromatic heterocycles. The van der Waals surface area contributed by atoms with Crippen LogP contribution in [0.1, 0.15) is 11.3 Å². The van der Waals surface area contributed by atoms with Gasteiger partial charge in [-0.3, -0.25) is 4.98 Å². The van der Waals surface area contributed by atoms with E-state index in [1.165, 1.54) is 43.3 Å². The Morgan fingerprint density at radius 2 is 2.09 bits per heavy atom. The molecule has 0 amide bonds. The van der Waals surface area contributed by atoms with Gasteiger partial charge in [-0.05, 0) is 30.3 Å². The molecular formula is C15H14N2O5S. The van der Waals surface area contributed by atoms with Gasteiger partial charge in [-0.1, -0.05) is 0 Å². The molecule has 0 aliphatic rings. The van der Waals surface area contributed by atoms with Crippen LogP contribution in [0.15, 0.2) is 75.2 Å². The van der Waals surface area contributed by atoms with Gasteiger partial charge in [-0.15, -0.1) is 0 Å². The molecule has 23 heavy (non-hydrogen) atoms. The monoisotopic (exact) mass is 334 g/mol. The first kappa shape index (κ1) is 15.5. The molecule has 0 aliphatic heterocycles. The first-order chi connectivity index (χ1) is 11.0. The molecule has 0 spiro atoms. The lowest BCUT2D eigenvalue weighted by atomic mass is 9.94. The van der Waals surface area contributed by atoms with Crippen molar-refractivity contribution in [3.63, 3.8) is 0 Å². The van der Waals surface area contributed by atoms with Crippen molar-refractivity contribution in [1.82, 2.24) is 9.71 Å². The van der Waals surface area contributed by atoms with E-state index in [2.05, 4.69) is 9.71 Å². The maximum absolute atomic E-state index is 12.3. The van der Waals surface area contributed by atoms with Gasteiger partial charge >= 0.3 is 0 Å². The lowest BCUT2D eigenvalue weighted by Crippen LogP contribution is -2.41. The highest BCUT2D eigenvalue weighted by Crippen LogP contribution is 2.30. The van der Waals surface area contributed by atoms with E-state index in [1.54, 1.807) is 18.2 Å². The van der Waals surface area contributed by atoms with Crippen LogP contribution >= 0.6 is 0 Å². The molecule has 3 aromatic rings. The number of hydrogen-bond donors (Lipinski definition) is 2. The highest BCUT2D eigenvalue weighted by molar-refractivity contribution is 7.89. The van der Waals surface area contributed by atoms with Crippen molar-refractivity contribution >= 4 is 10.0 Å². The summed E-state index contributed by atoms with van der Waals surface area (Å²) < 4.78 is 37.2. The molecule has 1 unspecified atom stereocenters. The van der Waals surface area contributed by atoms with E-state index in [9.17, 15) is 13.5 Å². The molecule has 120 valence electrons. The second kappa shape index (κ2) is 5.99. The Labute approximate surface area is 132 Å². The van der Waals surface area contributed by atoms with Crippen LogP contribution in [-0.4, -0.2) is 25.1 Å². The topological polar surface area (TPSA) is 106 Å². The molecule has 8 heteroatoms. The fraction of sp³-hybridized carbons (Fsp3) is 0.133. The summed E-state index contributed by atoms with van der Waals surface area (Å²) in [6.45, 7) is -0.322.